The molecule has 0 saturated heterocycles. The SMILES string of the molecule is COc1ccc(COc2cc(C(C)C)ccc2C)cc1Br. The van der Waals surface area contributed by atoms with Gasteiger partial charge in [-0.2, -0.15) is 0 Å². The van der Waals surface area contributed by atoms with Crippen molar-refractivity contribution in [3.63, 3.8) is 0 Å². The van der Waals surface area contributed by atoms with Crippen LogP contribution in [0.1, 0.15) is 36.5 Å². The van der Waals surface area contributed by atoms with Gasteiger partial charge in [-0.05, 0) is 63.7 Å². The fourth-order valence-electron chi connectivity index (χ4n) is 2.09. The fraction of sp³-hybridized carbons (Fsp3) is 0.333. The van der Waals surface area contributed by atoms with Gasteiger partial charge < -0.3 is 9.47 Å². The monoisotopic (exact) mass is 348 g/mol. The summed E-state index contributed by atoms with van der Waals surface area (Å²) in [6.45, 7) is 7.00. The van der Waals surface area contributed by atoms with E-state index < -0.39 is 0 Å². The maximum Gasteiger partial charge on any atom is 0.133 e. The van der Waals surface area contributed by atoms with Crippen LogP contribution in [0.5, 0.6) is 11.5 Å². The zero-order valence-corrected chi connectivity index (χ0v) is 14.5. The van der Waals surface area contributed by atoms with Crippen LogP contribution >= 0.6 is 15.9 Å². The van der Waals surface area contributed by atoms with Crippen molar-refractivity contribution in [3.05, 3.63) is 57.6 Å². The standard InChI is InChI=1S/C18H21BrO2/c1-12(2)15-7-5-13(3)18(10-15)21-11-14-6-8-17(20-4)16(19)9-14/h5-10,12H,11H2,1-4H3. The summed E-state index contributed by atoms with van der Waals surface area (Å²) in [6, 6.07) is 12.4. The molecule has 0 radical (unpaired) electrons. The van der Waals surface area contributed by atoms with Crippen molar-refractivity contribution >= 4 is 15.9 Å². The molecule has 2 aromatic rings. The molecule has 0 atom stereocenters. The summed E-state index contributed by atoms with van der Waals surface area (Å²) in [5.74, 6) is 2.29. The van der Waals surface area contributed by atoms with E-state index >= 15 is 0 Å². The third-order valence-corrected chi connectivity index (χ3v) is 4.11. The smallest absolute Gasteiger partial charge is 0.133 e. The molecule has 0 saturated carbocycles. The minimum atomic E-state index is 0.503. The average Bonchev–Trinajstić information content (AvgIpc) is 2.46. The van der Waals surface area contributed by atoms with E-state index in [0.29, 0.717) is 12.5 Å². The Bertz CT molecular complexity index is 621. The molecule has 0 fully saturated rings. The van der Waals surface area contributed by atoms with Crippen molar-refractivity contribution in [3.8, 4) is 11.5 Å². The van der Waals surface area contributed by atoms with Crippen LogP contribution < -0.4 is 9.47 Å². The molecule has 2 nitrogen and oxygen atoms in total. The molecule has 0 spiro atoms. The van der Waals surface area contributed by atoms with Crippen LogP contribution in [0.15, 0.2) is 40.9 Å². The van der Waals surface area contributed by atoms with Gasteiger partial charge in [-0.25, -0.2) is 0 Å². The van der Waals surface area contributed by atoms with Gasteiger partial charge in [0.2, 0.25) is 0 Å². The molecule has 0 N–H and O–H groups in total. The second-order valence-electron chi connectivity index (χ2n) is 5.44. The van der Waals surface area contributed by atoms with Crippen molar-refractivity contribution in [1.29, 1.82) is 0 Å². The van der Waals surface area contributed by atoms with Gasteiger partial charge in [0.25, 0.3) is 0 Å². The highest BCUT2D eigenvalue weighted by Crippen LogP contribution is 2.28. The molecular weight excluding hydrogens is 328 g/mol. The van der Waals surface area contributed by atoms with E-state index in [2.05, 4.69) is 54.9 Å². The van der Waals surface area contributed by atoms with E-state index in [1.54, 1.807) is 7.11 Å². The maximum atomic E-state index is 5.98. The summed E-state index contributed by atoms with van der Waals surface area (Å²) < 4.78 is 12.2. The average molecular weight is 349 g/mol. The van der Waals surface area contributed by atoms with E-state index in [9.17, 15) is 0 Å². The second-order valence-corrected chi connectivity index (χ2v) is 6.29. The number of rotatable bonds is 5. The first kappa shape index (κ1) is 15.9. The first-order valence-corrected chi connectivity index (χ1v) is 7.86. The minimum Gasteiger partial charge on any atom is -0.496 e. The lowest BCUT2D eigenvalue weighted by molar-refractivity contribution is 0.303. The highest BCUT2D eigenvalue weighted by atomic mass is 79.9. The highest BCUT2D eigenvalue weighted by molar-refractivity contribution is 9.10. The summed E-state index contributed by atoms with van der Waals surface area (Å²) in [6.07, 6.45) is 0. The summed E-state index contributed by atoms with van der Waals surface area (Å²) in [7, 11) is 1.66. The van der Waals surface area contributed by atoms with E-state index in [1.165, 1.54) is 5.56 Å². The van der Waals surface area contributed by atoms with Crippen molar-refractivity contribution in [2.45, 2.75) is 33.3 Å². The Hall–Kier alpha value is -1.48. The van der Waals surface area contributed by atoms with Gasteiger partial charge in [0.05, 0.1) is 11.6 Å². The van der Waals surface area contributed by atoms with Gasteiger partial charge in [0.1, 0.15) is 18.1 Å². The zero-order chi connectivity index (χ0) is 15.4. The van der Waals surface area contributed by atoms with Crippen LogP contribution in [0.2, 0.25) is 0 Å². The molecule has 0 amide bonds. The molecule has 3 heteroatoms. The molecule has 0 bridgehead atoms. The molecule has 0 heterocycles. The van der Waals surface area contributed by atoms with E-state index in [4.69, 9.17) is 9.47 Å². The van der Waals surface area contributed by atoms with E-state index in [0.717, 1.165) is 27.1 Å². The lowest BCUT2D eigenvalue weighted by atomic mass is 10.0. The largest absolute Gasteiger partial charge is 0.496 e. The van der Waals surface area contributed by atoms with Crippen molar-refractivity contribution < 1.29 is 9.47 Å². The number of aryl methyl sites for hydroxylation is 1. The van der Waals surface area contributed by atoms with Gasteiger partial charge in [-0.3, -0.25) is 0 Å². The van der Waals surface area contributed by atoms with Gasteiger partial charge in [-0.1, -0.05) is 32.0 Å². The van der Waals surface area contributed by atoms with Crippen molar-refractivity contribution in [1.82, 2.24) is 0 Å². The molecule has 0 unspecified atom stereocenters. The van der Waals surface area contributed by atoms with Crippen LogP contribution in [-0.2, 0) is 6.61 Å². The topological polar surface area (TPSA) is 18.5 Å². The lowest BCUT2D eigenvalue weighted by Crippen LogP contribution is -1.99. The molecule has 2 rings (SSSR count). The third-order valence-electron chi connectivity index (χ3n) is 3.49. The van der Waals surface area contributed by atoms with Gasteiger partial charge in [0, 0.05) is 0 Å². The molecule has 0 aliphatic heterocycles. The zero-order valence-electron chi connectivity index (χ0n) is 12.9. The van der Waals surface area contributed by atoms with Gasteiger partial charge in [-0.15, -0.1) is 0 Å². The van der Waals surface area contributed by atoms with E-state index in [-0.39, 0.29) is 0 Å². The molecule has 2 aromatic carbocycles. The molecule has 0 aromatic heterocycles. The lowest BCUT2D eigenvalue weighted by Gasteiger charge is -2.13. The first-order chi connectivity index (χ1) is 10.0. The predicted molar refractivity (Wildman–Crippen MR) is 90.3 cm³/mol. The number of hydrogen-bond donors (Lipinski definition) is 0. The summed E-state index contributed by atoms with van der Waals surface area (Å²) >= 11 is 3.50. The first-order valence-electron chi connectivity index (χ1n) is 7.07. The van der Waals surface area contributed by atoms with Crippen LogP contribution in [0, 0.1) is 6.92 Å². The molecular formula is C18H21BrO2. The Morgan fingerprint density at radius 1 is 1.05 bits per heavy atom. The number of hydrogen-bond acceptors (Lipinski definition) is 2. The molecule has 112 valence electrons. The Kier molecular flexibility index (Phi) is 5.29. The second kappa shape index (κ2) is 6.99. The highest BCUT2D eigenvalue weighted by Gasteiger charge is 2.06. The van der Waals surface area contributed by atoms with Crippen LogP contribution in [0.25, 0.3) is 0 Å². The quantitative estimate of drug-likeness (QED) is 0.713. The van der Waals surface area contributed by atoms with E-state index in [1.807, 2.05) is 18.2 Å². The maximum absolute atomic E-state index is 5.98. The Labute approximate surface area is 135 Å². The molecule has 0 aliphatic carbocycles. The van der Waals surface area contributed by atoms with Crippen LogP contribution in [0.3, 0.4) is 0 Å². The summed E-state index contributed by atoms with van der Waals surface area (Å²) in [5.41, 5.74) is 3.57. The van der Waals surface area contributed by atoms with Crippen molar-refractivity contribution in [2.24, 2.45) is 0 Å². The summed E-state index contributed by atoms with van der Waals surface area (Å²) in [5, 5.41) is 0. The Morgan fingerprint density at radius 2 is 1.81 bits per heavy atom. The van der Waals surface area contributed by atoms with Gasteiger partial charge >= 0.3 is 0 Å². The molecule has 21 heavy (non-hydrogen) atoms. The third kappa shape index (κ3) is 4.01. The number of benzene rings is 2. The van der Waals surface area contributed by atoms with Crippen LogP contribution in [0.4, 0.5) is 0 Å². The van der Waals surface area contributed by atoms with Crippen LogP contribution in [-0.4, -0.2) is 7.11 Å². The van der Waals surface area contributed by atoms with Crippen molar-refractivity contribution in [2.75, 3.05) is 7.11 Å². The fourth-order valence-corrected chi connectivity index (χ4v) is 2.68. The Morgan fingerprint density at radius 3 is 2.43 bits per heavy atom. The normalized spacial score (nSPS) is 10.8. The Balaban J connectivity index is 2.12. The predicted octanol–water partition coefficient (Wildman–Crippen LogP) is 5.47. The number of ether oxygens (including phenoxy) is 2. The number of methoxy groups -OCH3 is 1. The van der Waals surface area contributed by atoms with Gasteiger partial charge in [0.15, 0.2) is 0 Å². The molecule has 0 aliphatic rings. The number of halogens is 1. The summed E-state index contributed by atoms with van der Waals surface area (Å²) in [4.78, 5) is 0. The minimum absolute atomic E-state index is 0.503.